The summed E-state index contributed by atoms with van der Waals surface area (Å²) in [6.07, 6.45) is 2.25. The largest absolute Gasteiger partial charge is 0.480 e. The molecule has 1 N–H and O–H groups in total. The van der Waals surface area contributed by atoms with E-state index in [1.54, 1.807) is 6.92 Å². The molecule has 0 saturated carbocycles. The fourth-order valence-electron chi connectivity index (χ4n) is 2.14. The maximum atomic E-state index is 10.8. The summed E-state index contributed by atoms with van der Waals surface area (Å²) in [6, 6.07) is 0.0809. The quantitative estimate of drug-likeness (QED) is 0.710. The number of carboxylic acids is 1. The normalized spacial score (nSPS) is 32.8. The summed E-state index contributed by atoms with van der Waals surface area (Å²) >= 11 is 0. The third-order valence-electron chi connectivity index (χ3n) is 3.04. The van der Waals surface area contributed by atoms with Gasteiger partial charge in [0.15, 0.2) is 0 Å². The van der Waals surface area contributed by atoms with Gasteiger partial charge in [0.2, 0.25) is 0 Å². The van der Waals surface area contributed by atoms with Gasteiger partial charge in [0.05, 0.1) is 0 Å². The molecule has 3 nitrogen and oxygen atoms in total. The highest BCUT2D eigenvalue weighted by molar-refractivity contribution is 5.72. The van der Waals surface area contributed by atoms with E-state index in [0.29, 0.717) is 6.04 Å². The van der Waals surface area contributed by atoms with Gasteiger partial charge in [0.25, 0.3) is 0 Å². The van der Waals surface area contributed by atoms with E-state index in [1.807, 2.05) is 0 Å². The molecule has 0 spiro atoms. The summed E-state index contributed by atoms with van der Waals surface area (Å²) < 4.78 is 0. The minimum Gasteiger partial charge on any atom is -0.480 e. The zero-order chi connectivity index (χ0) is 10.0. The van der Waals surface area contributed by atoms with Crippen LogP contribution in [-0.2, 0) is 4.79 Å². The van der Waals surface area contributed by atoms with Crippen LogP contribution >= 0.6 is 0 Å². The fourth-order valence-corrected chi connectivity index (χ4v) is 2.14. The van der Waals surface area contributed by atoms with Gasteiger partial charge in [-0.3, -0.25) is 9.69 Å². The monoisotopic (exact) mass is 185 g/mol. The zero-order valence-electron chi connectivity index (χ0n) is 8.66. The van der Waals surface area contributed by atoms with Crippen LogP contribution in [0.25, 0.3) is 0 Å². The molecule has 0 aromatic rings. The van der Waals surface area contributed by atoms with Crippen LogP contribution in [0.2, 0.25) is 0 Å². The molecule has 0 aliphatic carbocycles. The number of carboxylic acid groups (broad SMARTS) is 1. The van der Waals surface area contributed by atoms with Gasteiger partial charge in [-0.05, 0) is 39.2 Å². The molecular weight excluding hydrogens is 166 g/mol. The highest BCUT2D eigenvalue weighted by Gasteiger charge is 2.29. The molecule has 3 heteroatoms. The van der Waals surface area contributed by atoms with Crippen LogP contribution in [0.3, 0.4) is 0 Å². The summed E-state index contributed by atoms with van der Waals surface area (Å²) in [6.45, 7) is 7.05. The Bertz CT molecular complexity index is 193. The molecule has 1 rings (SSSR count). The maximum Gasteiger partial charge on any atom is 0.320 e. The van der Waals surface area contributed by atoms with E-state index in [2.05, 4.69) is 18.7 Å². The average Bonchev–Trinajstić information content (AvgIpc) is 2.03. The molecule has 1 fully saturated rings. The van der Waals surface area contributed by atoms with Gasteiger partial charge in [0, 0.05) is 6.04 Å². The molecule has 76 valence electrons. The molecule has 1 aliphatic rings. The predicted octanol–water partition coefficient (Wildman–Crippen LogP) is 1.58. The van der Waals surface area contributed by atoms with Crippen molar-refractivity contribution in [2.75, 3.05) is 6.54 Å². The van der Waals surface area contributed by atoms with E-state index < -0.39 is 5.97 Å². The van der Waals surface area contributed by atoms with Gasteiger partial charge in [-0.25, -0.2) is 0 Å². The van der Waals surface area contributed by atoms with E-state index in [9.17, 15) is 4.79 Å². The van der Waals surface area contributed by atoms with Crippen LogP contribution in [0.1, 0.15) is 33.6 Å². The number of rotatable bonds is 2. The highest BCUT2D eigenvalue weighted by atomic mass is 16.4. The molecule has 0 radical (unpaired) electrons. The molecule has 1 saturated heterocycles. The highest BCUT2D eigenvalue weighted by Crippen LogP contribution is 2.23. The van der Waals surface area contributed by atoms with Crippen LogP contribution in [0.5, 0.6) is 0 Å². The van der Waals surface area contributed by atoms with E-state index in [0.717, 1.165) is 25.3 Å². The number of piperidine rings is 1. The Morgan fingerprint density at radius 2 is 2.15 bits per heavy atom. The number of aliphatic carboxylic acids is 1. The average molecular weight is 185 g/mol. The second-order valence-electron chi connectivity index (χ2n) is 4.23. The molecular formula is C10H19NO2. The number of hydrogen-bond donors (Lipinski definition) is 1. The summed E-state index contributed by atoms with van der Waals surface area (Å²) in [5.41, 5.74) is 0. The Hall–Kier alpha value is -0.570. The van der Waals surface area contributed by atoms with Crippen molar-refractivity contribution < 1.29 is 9.90 Å². The lowest BCUT2D eigenvalue weighted by atomic mass is 9.92. The first-order valence-corrected chi connectivity index (χ1v) is 5.01. The van der Waals surface area contributed by atoms with Crippen molar-refractivity contribution in [1.29, 1.82) is 0 Å². The van der Waals surface area contributed by atoms with Gasteiger partial charge in [-0.1, -0.05) is 6.92 Å². The van der Waals surface area contributed by atoms with Crippen molar-refractivity contribution in [2.45, 2.75) is 45.7 Å². The molecule has 1 aliphatic heterocycles. The minimum absolute atomic E-state index is 0.331. The lowest BCUT2D eigenvalue weighted by molar-refractivity contribution is -0.144. The van der Waals surface area contributed by atoms with Crippen molar-refractivity contribution in [1.82, 2.24) is 4.90 Å². The van der Waals surface area contributed by atoms with Gasteiger partial charge in [-0.15, -0.1) is 0 Å². The van der Waals surface area contributed by atoms with Crippen molar-refractivity contribution in [3.05, 3.63) is 0 Å². The van der Waals surface area contributed by atoms with Crippen LogP contribution < -0.4 is 0 Å². The lowest BCUT2D eigenvalue weighted by Crippen LogP contribution is -2.48. The molecule has 1 heterocycles. The molecule has 0 amide bonds. The van der Waals surface area contributed by atoms with Crippen molar-refractivity contribution in [2.24, 2.45) is 5.92 Å². The Balaban J connectivity index is 2.55. The first kappa shape index (κ1) is 10.5. The molecule has 0 aromatic heterocycles. The molecule has 3 unspecified atom stereocenters. The maximum absolute atomic E-state index is 10.8. The summed E-state index contributed by atoms with van der Waals surface area (Å²) in [5, 5.41) is 8.88. The number of hydrogen-bond acceptors (Lipinski definition) is 2. The molecule has 13 heavy (non-hydrogen) atoms. The van der Waals surface area contributed by atoms with E-state index in [-0.39, 0.29) is 6.04 Å². The third-order valence-corrected chi connectivity index (χ3v) is 3.04. The van der Waals surface area contributed by atoms with Crippen LogP contribution in [0.15, 0.2) is 0 Å². The second kappa shape index (κ2) is 4.09. The van der Waals surface area contributed by atoms with Crippen LogP contribution in [0, 0.1) is 5.92 Å². The molecule has 0 bridgehead atoms. The Labute approximate surface area is 79.7 Å². The summed E-state index contributed by atoms with van der Waals surface area (Å²) in [4.78, 5) is 12.9. The van der Waals surface area contributed by atoms with Gasteiger partial charge < -0.3 is 5.11 Å². The van der Waals surface area contributed by atoms with Crippen LogP contribution in [0.4, 0.5) is 0 Å². The smallest absolute Gasteiger partial charge is 0.320 e. The summed E-state index contributed by atoms with van der Waals surface area (Å²) in [5.74, 6) is 0.0358. The van der Waals surface area contributed by atoms with Gasteiger partial charge in [-0.2, -0.15) is 0 Å². The molecule has 0 aromatic carbocycles. The number of nitrogens with zero attached hydrogens (tertiary/aromatic N) is 1. The van der Waals surface area contributed by atoms with Gasteiger partial charge in [0.1, 0.15) is 6.04 Å². The second-order valence-corrected chi connectivity index (χ2v) is 4.23. The Kier molecular flexibility index (Phi) is 3.31. The zero-order valence-corrected chi connectivity index (χ0v) is 8.66. The first-order chi connectivity index (χ1) is 6.02. The predicted molar refractivity (Wildman–Crippen MR) is 51.7 cm³/mol. The third kappa shape index (κ3) is 2.44. The minimum atomic E-state index is -0.707. The van der Waals surface area contributed by atoms with E-state index >= 15 is 0 Å². The Morgan fingerprint density at radius 1 is 1.54 bits per heavy atom. The Morgan fingerprint density at radius 3 is 2.62 bits per heavy atom. The lowest BCUT2D eigenvalue weighted by Gasteiger charge is -2.38. The first-order valence-electron chi connectivity index (χ1n) is 5.01. The number of likely N-dealkylation sites (tertiary alicyclic amines) is 1. The fraction of sp³-hybridized carbons (Fsp3) is 0.900. The van der Waals surface area contributed by atoms with E-state index in [1.165, 1.54) is 0 Å². The SMILES string of the molecule is CC1CCN(C(C)C(=O)O)C(C)C1. The van der Waals surface area contributed by atoms with Crippen molar-refractivity contribution in [3.8, 4) is 0 Å². The standard InChI is InChI=1S/C10H19NO2/c1-7-4-5-11(8(2)6-7)9(3)10(12)13/h7-9H,4-6H2,1-3H3,(H,12,13). The van der Waals surface area contributed by atoms with Crippen LogP contribution in [-0.4, -0.2) is 34.6 Å². The van der Waals surface area contributed by atoms with Gasteiger partial charge >= 0.3 is 5.97 Å². The summed E-state index contributed by atoms with van der Waals surface area (Å²) in [7, 11) is 0. The van der Waals surface area contributed by atoms with Crippen molar-refractivity contribution >= 4 is 5.97 Å². The number of carbonyl (C=O) groups is 1. The molecule has 3 atom stereocenters. The topological polar surface area (TPSA) is 40.5 Å². The van der Waals surface area contributed by atoms with E-state index in [4.69, 9.17) is 5.11 Å². The van der Waals surface area contributed by atoms with Crippen molar-refractivity contribution in [3.63, 3.8) is 0 Å².